The Morgan fingerprint density at radius 3 is 2.23 bits per heavy atom. The highest BCUT2D eigenvalue weighted by Crippen LogP contribution is 2.28. The molecule has 0 aromatic heterocycles. The number of carbonyl (C=O) groups excluding carboxylic acids is 1. The van der Waals surface area contributed by atoms with Crippen molar-refractivity contribution in [1.29, 1.82) is 0 Å². The summed E-state index contributed by atoms with van der Waals surface area (Å²) in [5.74, 6) is -0.918. The normalized spacial score (nSPS) is 16.8. The van der Waals surface area contributed by atoms with Crippen molar-refractivity contribution in [3.8, 4) is 5.75 Å². The van der Waals surface area contributed by atoms with Gasteiger partial charge < -0.3 is 15.1 Å². The predicted octanol–water partition coefficient (Wildman–Crippen LogP) is 3.30. The Hall–Kier alpha value is -2.86. The predicted molar refractivity (Wildman–Crippen MR) is 120 cm³/mol. The highest BCUT2D eigenvalue weighted by atomic mass is 16.4. The highest BCUT2D eigenvalue weighted by Gasteiger charge is 2.39. The summed E-state index contributed by atoms with van der Waals surface area (Å²) in [4.78, 5) is 29.6. The lowest BCUT2D eigenvalue weighted by molar-refractivity contribution is -0.154. The Balaban J connectivity index is 1.99. The summed E-state index contributed by atoms with van der Waals surface area (Å²) in [5, 5.41) is 19.8. The monoisotopic (exact) mass is 424 g/mol. The van der Waals surface area contributed by atoms with Gasteiger partial charge in [-0.2, -0.15) is 0 Å². The molecule has 0 radical (unpaired) electrons. The SMILES string of the molecule is CCN(CC)C(Cc1c(C)cc(O)cc1C)C(=O)N1Cc2ccccc2CC1C(=O)O. The Kier molecular flexibility index (Phi) is 7.01. The van der Waals surface area contributed by atoms with Crippen LogP contribution in [0.5, 0.6) is 5.75 Å². The minimum absolute atomic E-state index is 0.155. The van der Waals surface area contributed by atoms with Crippen LogP contribution in [-0.4, -0.2) is 57.1 Å². The van der Waals surface area contributed by atoms with E-state index in [1.807, 2.05) is 52.0 Å². The number of phenolic OH excluding ortho intramolecular Hbond substituents is 1. The molecule has 0 aliphatic carbocycles. The number of carbonyl (C=O) groups is 2. The fraction of sp³-hybridized carbons (Fsp3) is 0.440. The molecule has 6 nitrogen and oxygen atoms in total. The van der Waals surface area contributed by atoms with E-state index < -0.39 is 18.1 Å². The minimum Gasteiger partial charge on any atom is -0.508 e. The number of aryl methyl sites for hydroxylation is 2. The van der Waals surface area contributed by atoms with Gasteiger partial charge in [0.25, 0.3) is 0 Å². The van der Waals surface area contributed by atoms with Gasteiger partial charge in [0.1, 0.15) is 11.8 Å². The zero-order valence-electron chi connectivity index (χ0n) is 18.8. The Labute approximate surface area is 184 Å². The molecule has 1 heterocycles. The van der Waals surface area contributed by atoms with E-state index in [1.165, 1.54) is 0 Å². The summed E-state index contributed by atoms with van der Waals surface area (Å²) in [6.45, 7) is 9.57. The number of hydrogen-bond acceptors (Lipinski definition) is 4. The standard InChI is InChI=1S/C25H32N2O4/c1-5-26(6-2)22(14-21-16(3)11-20(28)12-17(21)4)24(29)27-15-19-10-8-7-9-18(19)13-23(27)25(30)31/h7-12,22-23,28H,5-6,13-15H2,1-4H3,(H,30,31). The number of aromatic hydroxyl groups is 1. The third-order valence-electron chi connectivity index (χ3n) is 6.43. The first-order valence-corrected chi connectivity index (χ1v) is 10.9. The molecule has 1 aliphatic rings. The van der Waals surface area contributed by atoms with Gasteiger partial charge in [-0.25, -0.2) is 4.79 Å². The van der Waals surface area contributed by atoms with Crippen molar-refractivity contribution in [2.75, 3.05) is 13.1 Å². The Morgan fingerprint density at radius 1 is 1.10 bits per heavy atom. The van der Waals surface area contributed by atoms with E-state index >= 15 is 0 Å². The lowest BCUT2D eigenvalue weighted by Crippen LogP contribution is -2.56. The number of carboxylic acids is 1. The zero-order chi connectivity index (χ0) is 22.7. The molecule has 2 aromatic rings. The number of nitrogens with zero attached hydrogens (tertiary/aromatic N) is 2. The molecule has 2 atom stereocenters. The number of aliphatic carboxylic acids is 1. The fourth-order valence-corrected chi connectivity index (χ4v) is 4.69. The highest BCUT2D eigenvalue weighted by molar-refractivity contribution is 5.88. The molecule has 0 saturated carbocycles. The molecule has 166 valence electrons. The van der Waals surface area contributed by atoms with E-state index in [0.717, 1.165) is 27.8 Å². The number of likely N-dealkylation sites (N-methyl/N-ethyl adjacent to an activating group) is 1. The van der Waals surface area contributed by atoms with Gasteiger partial charge in [-0.1, -0.05) is 38.1 Å². The summed E-state index contributed by atoms with van der Waals surface area (Å²) in [5.41, 5.74) is 4.88. The van der Waals surface area contributed by atoms with Crippen molar-refractivity contribution in [3.63, 3.8) is 0 Å². The number of amides is 1. The van der Waals surface area contributed by atoms with Gasteiger partial charge in [-0.15, -0.1) is 0 Å². The molecule has 1 amide bonds. The summed E-state index contributed by atoms with van der Waals surface area (Å²) < 4.78 is 0. The van der Waals surface area contributed by atoms with Crippen LogP contribution in [0.3, 0.4) is 0 Å². The average molecular weight is 425 g/mol. The van der Waals surface area contributed by atoms with E-state index in [9.17, 15) is 19.8 Å². The molecule has 1 aliphatic heterocycles. The first kappa shape index (κ1) is 22.8. The van der Waals surface area contributed by atoms with Gasteiger partial charge in [-0.05, 0) is 73.3 Å². The zero-order valence-corrected chi connectivity index (χ0v) is 18.8. The molecule has 2 aromatic carbocycles. The molecule has 2 N–H and O–H groups in total. The average Bonchev–Trinajstić information content (AvgIpc) is 2.74. The first-order chi connectivity index (χ1) is 14.8. The van der Waals surface area contributed by atoms with Crippen LogP contribution in [0.15, 0.2) is 36.4 Å². The molecule has 0 fully saturated rings. The first-order valence-electron chi connectivity index (χ1n) is 10.9. The van der Waals surface area contributed by atoms with Crippen LogP contribution >= 0.6 is 0 Å². The quantitative estimate of drug-likeness (QED) is 0.713. The lowest BCUT2D eigenvalue weighted by Gasteiger charge is -2.39. The van der Waals surface area contributed by atoms with Crippen molar-refractivity contribution in [2.24, 2.45) is 0 Å². The summed E-state index contributed by atoms with van der Waals surface area (Å²) in [6, 6.07) is 9.82. The van der Waals surface area contributed by atoms with Crippen LogP contribution < -0.4 is 0 Å². The number of carboxylic acid groups (broad SMARTS) is 1. The Bertz CT molecular complexity index is 945. The molecule has 6 heteroatoms. The second kappa shape index (κ2) is 9.52. The van der Waals surface area contributed by atoms with E-state index in [2.05, 4.69) is 4.90 Å². The van der Waals surface area contributed by atoms with Gasteiger partial charge in [-0.3, -0.25) is 9.69 Å². The fourth-order valence-electron chi connectivity index (χ4n) is 4.69. The van der Waals surface area contributed by atoms with Crippen LogP contribution in [0, 0.1) is 13.8 Å². The summed E-state index contributed by atoms with van der Waals surface area (Å²) in [7, 11) is 0. The topological polar surface area (TPSA) is 81.1 Å². The summed E-state index contributed by atoms with van der Waals surface area (Å²) >= 11 is 0. The molecule has 0 saturated heterocycles. The van der Waals surface area contributed by atoms with Crippen LogP contribution in [0.2, 0.25) is 0 Å². The maximum atomic E-state index is 13.8. The maximum Gasteiger partial charge on any atom is 0.326 e. The molecule has 0 bridgehead atoms. The van der Waals surface area contributed by atoms with Crippen molar-refractivity contribution in [1.82, 2.24) is 9.80 Å². The largest absolute Gasteiger partial charge is 0.508 e. The lowest BCUT2D eigenvalue weighted by atomic mass is 9.91. The van der Waals surface area contributed by atoms with Crippen LogP contribution in [0.4, 0.5) is 0 Å². The number of rotatable bonds is 7. The van der Waals surface area contributed by atoms with Crippen LogP contribution in [0.25, 0.3) is 0 Å². The number of fused-ring (bicyclic) bond motifs is 1. The molecular weight excluding hydrogens is 392 g/mol. The smallest absolute Gasteiger partial charge is 0.326 e. The second-order valence-corrected chi connectivity index (χ2v) is 8.29. The van der Waals surface area contributed by atoms with Gasteiger partial charge in [0.05, 0.1) is 6.04 Å². The van der Waals surface area contributed by atoms with E-state index in [4.69, 9.17) is 0 Å². The Morgan fingerprint density at radius 2 is 1.68 bits per heavy atom. The van der Waals surface area contributed by atoms with Crippen molar-refractivity contribution < 1.29 is 19.8 Å². The van der Waals surface area contributed by atoms with Gasteiger partial charge in [0.2, 0.25) is 5.91 Å². The molecule has 2 unspecified atom stereocenters. The maximum absolute atomic E-state index is 13.8. The number of phenols is 1. The third kappa shape index (κ3) is 4.74. The molecule has 31 heavy (non-hydrogen) atoms. The molecular formula is C25H32N2O4. The third-order valence-corrected chi connectivity index (χ3v) is 6.43. The number of hydrogen-bond donors (Lipinski definition) is 2. The van der Waals surface area contributed by atoms with Crippen molar-refractivity contribution >= 4 is 11.9 Å². The van der Waals surface area contributed by atoms with Crippen molar-refractivity contribution in [3.05, 3.63) is 64.2 Å². The minimum atomic E-state index is -0.974. The van der Waals surface area contributed by atoms with Gasteiger partial charge >= 0.3 is 5.97 Å². The van der Waals surface area contributed by atoms with Gasteiger partial charge in [0, 0.05) is 13.0 Å². The van der Waals surface area contributed by atoms with Crippen LogP contribution in [0.1, 0.15) is 41.7 Å². The van der Waals surface area contributed by atoms with E-state index in [-0.39, 0.29) is 11.7 Å². The van der Waals surface area contributed by atoms with E-state index in [0.29, 0.717) is 32.5 Å². The van der Waals surface area contributed by atoms with Crippen LogP contribution in [-0.2, 0) is 29.0 Å². The van der Waals surface area contributed by atoms with Gasteiger partial charge in [0.15, 0.2) is 0 Å². The number of benzene rings is 2. The van der Waals surface area contributed by atoms with E-state index in [1.54, 1.807) is 17.0 Å². The second-order valence-electron chi connectivity index (χ2n) is 8.29. The molecule has 0 spiro atoms. The van der Waals surface area contributed by atoms with Crippen molar-refractivity contribution in [2.45, 2.75) is 59.2 Å². The summed E-state index contributed by atoms with van der Waals surface area (Å²) in [6.07, 6.45) is 0.794. The molecule has 3 rings (SSSR count).